The molecule has 7 nitrogen and oxygen atoms in total. The van der Waals surface area contributed by atoms with Crippen molar-refractivity contribution in [1.82, 2.24) is 9.80 Å². The Morgan fingerprint density at radius 3 is 1.94 bits per heavy atom. The number of carbonyl (C=O) groups is 3. The normalized spacial score (nSPS) is 13.3. The summed E-state index contributed by atoms with van der Waals surface area (Å²) in [6.07, 6.45) is 0. The molecule has 1 N–H and O–H groups in total. The molecule has 4 rings (SSSR count). The van der Waals surface area contributed by atoms with Gasteiger partial charge in [-0.2, -0.15) is 0 Å². The molecule has 0 atom stereocenters. The molecule has 34 heavy (non-hydrogen) atoms. The van der Waals surface area contributed by atoms with Crippen molar-refractivity contribution in [3.63, 3.8) is 0 Å². The number of piperazine rings is 1. The molecule has 8 heteroatoms. The highest BCUT2D eigenvalue weighted by Gasteiger charge is 2.24. The van der Waals surface area contributed by atoms with Crippen molar-refractivity contribution in [3.05, 3.63) is 95.0 Å². The number of hydrogen-bond acceptors (Lipinski definition) is 4. The van der Waals surface area contributed by atoms with Crippen LogP contribution in [0.25, 0.3) is 0 Å². The molecular weight excluding hydrogens is 454 g/mol. The standard InChI is InChI=1S/C26H24ClN3O4/c27-21-10-6-19(7-11-21)25(32)20-8-12-23(13-9-20)34-18-24(31)29-14-16-30(17-15-29)26(33)28-22-4-2-1-3-5-22/h1-13H,14-18H2,(H,28,33). The van der Waals surface area contributed by atoms with Gasteiger partial charge in [-0.15, -0.1) is 0 Å². The molecule has 1 aliphatic heterocycles. The Bertz CT molecular complexity index is 1140. The van der Waals surface area contributed by atoms with E-state index in [0.29, 0.717) is 48.1 Å². The van der Waals surface area contributed by atoms with Gasteiger partial charge >= 0.3 is 6.03 Å². The monoisotopic (exact) mass is 477 g/mol. The largest absolute Gasteiger partial charge is 0.484 e. The van der Waals surface area contributed by atoms with E-state index in [0.717, 1.165) is 5.69 Å². The van der Waals surface area contributed by atoms with Gasteiger partial charge in [0.25, 0.3) is 5.91 Å². The lowest BCUT2D eigenvalue weighted by molar-refractivity contribution is -0.134. The van der Waals surface area contributed by atoms with E-state index in [1.165, 1.54) is 0 Å². The second kappa shape index (κ2) is 10.9. The Morgan fingerprint density at radius 2 is 1.32 bits per heavy atom. The number of hydrogen-bond donors (Lipinski definition) is 1. The summed E-state index contributed by atoms with van der Waals surface area (Å²) in [5.41, 5.74) is 1.80. The third kappa shape index (κ3) is 5.94. The summed E-state index contributed by atoms with van der Waals surface area (Å²) in [7, 11) is 0. The highest BCUT2D eigenvalue weighted by Crippen LogP contribution is 2.17. The molecule has 1 heterocycles. The topological polar surface area (TPSA) is 79.0 Å². The summed E-state index contributed by atoms with van der Waals surface area (Å²) >= 11 is 5.87. The van der Waals surface area contributed by atoms with Gasteiger partial charge in [0.1, 0.15) is 5.75 Å². The van der Waals surface area contributed by atoms with Crippen LogP contribution in [0.3, 0.4) is 0 Å². The smallest absolute Gasteiger partial charge is 0.321 e. The van der Waals surface area contributed by atoms with E-state index in [1.54, 1.807) is 58.3 Å². The average molecular weight is 478 g/mol. The van der Waals surface area contributed by atoms with Crippen molar-refractivity contribution in [1.29, 1.82) is 0 Å². The zero-order valence-corrected chi connectivity index (χ0v) is 19.2. The van der Waals surface area contributed by atoms with Crippen LogP contribution in [0.2, 0.25) is 5.02 Å². The number of rotatable bonds is 6. The first-order valence-electron chi connectivity index (χ1n) is 10.9. The molecule has 3 aromatic carbocycles. The van der Waals surface area contributed by atoms with Crippen LogP contribution >= 0.6 is 11.6 Å². The van der Waals surface area contributed by atoms with Crippen LogP contribution in [0.4, 0.5) is 10.5 Å². The second-order valence-electron chi connectivity index (χ2n) is 7.81. The summed E-state index contributed by atoms with van der Waals surface area (Å²) in [5, 5.41) is 3.43. The molecule has 3 aromatic rings. The fourth-order valence-electron chi connectivity index (χ4n) is 3.59. The number of carbonyl (C=O) groups excluding carboxylic acids is 3. The van der Waals surface area contributed by atoms with E-state index < -0.39 is 0 Å². The molecule has 1 saturated heterocycles. The molecule has 0 unspecified atom stereocenters. The summed E-state index contributed by atoms with van der Waals surface area (Å²) in [5.74, 6) is 0.236. The van der Waals surface area contributed by atoms with Gasteiger partial charge < -0.3 is 19.9 Å². The molecule has 0 spiro atoms. The number of benzene rings is 3. The first kappa shape index (κ1) is 23.3. The quantitative estimate of drug-likeness (QED) is 0.536. The fraction of sp³-hybridized carbons (Fsp3) is 0.192. The Kier molecular flexibility index (Phi) is 7.44. The Labute approximate surface area is 202 Å². The lowest BCUT2D eigenvalue weighted by atomic mass is 10.0. The van der Waals surface area contributed by atoms with Gasteiger partial charge in [-0.25, -0.2) is 4.79 Å². The van der Waals surface area contributed by atoms with Crippen LogP contribution in [0.5, 0.6) is 5.75 Å². The number of amides is 3. The van der Waals surface area contributed by atoms with Crippen LogP contribution in [-0.2, 0) is 4.79 Å². The SMILES string of the molecule is O=C(c1ccc(Cl)cc1)c1ccc(OCC(=O)N2CCN(C(=O)Nc3ccccc3)CC2)cc1. The highest BCUT2D eigenvalue weighted by atomic mass is 35.5. The molecule has 0 bridgehead atoms. The highest BCUT2D eigenvalue weighted by molar-refractivity contribution is 6.30. The maximum Gasteiger partial charge on any atom is 0.321 e. The molecule has 0 aliphatic carbocycles. The fourth-order valence-corrected chi connectivity index (χ4v) is 3.72. The number of nitrogens with zero attached hydrogens (tertiary/aromatic N) is 2. The van der Waals surface area contributed by atoms with Crippen molar-refractivity contribution in [2.75, 3.05) is 38.1 Å². The number of ether oxygens (including phenoxy) is 1. The first-order chi connectivity index (χ1) is 16.5. The Morgan fingerprint density at radius 1 is 0.765 bits per heavy atom. The Hall–Kier alpha value is -3.84. The lowest BCUT2D eigenvalue weighted by Crippen LogP contribution is -2.52. The third-order valence-electron chi connectivity index (χ3n) is 5.53. The molecule has 1 fully saturated rings. The van der Waals surface area contributed by atoms with E-state index in [1.807, 2.05) is 30.3 Å². The number of para-hydroxylation sites is 1. The third-order valence-corrected chi connectivity index (χ3v) is 5.78. The van der Waals surface area contributed by atoms with Crippen molar-refractivity contribution >= 4 is 35.0 Å². The maximum absolute atomic E-state index is 12.5. The van der Waals surface area contributed by atoms with E-state index in [9.17, 15) is 14.4 Å². The summed E-state index contributed by atoms with van der Waals surface area (Å²) in [4.78, 5) is 40.9. The molecule has 0 aromatic heterocycles. The number of ketones is 1. The van der Waals surface area contributed by atoms with Crippen LogP contribution in [0.1, 0.15) is 15.9 Å². The van der Waals surface area contributed by atoms with Gasteiger partial charge in [0, 0.05) is 48.0 Å². The van der Waals surface area contributed by atoms with Crippen molar-refractivity contribution < 1.29 is 19.1 Å². The predicted octanol–water partition coefficient (Wildman–Crippen LogP) is 4.33. The summed E-state index contributed by atoms with van der Waals surface area (Å²) < 4.78 is 5.62. The van der Waals surface area contributed by atoms with E-state index >= 15 is 0 Å². The Balaban J connectivity index is 1.23. The van der Waals surface area contributed by atoms with E-state index in [4.69, 9.17) is 16.3 Å². The van der Waals surface area contributed by atoms with E-state index in [-0.39, 0.29) is 24.3 Å². The zero-order valence-electron chi connectivity index (χ0n) is 18.4. The molecule has 0 saturated carbocycles. The number of nitrogens with one attached hydrogen (secondary N) is 1. The minimum Gasteiger partial charge on any atom is -0.484 e. The predicted molar refractivity (Wildman–Crippen MR) is 130 cm³/mol. The number of halogens is 1. The zero-order chi connectivity index (χ0) is 23.9. The summed E-state index contributed by atoms with van der Waals surface area (Å²) in [6, 6.07) is 22.5. The van der Waals surface area contributed by atoms with Crippen molar-refractivity contribution in [2.24, 2.45) is 0 Å². The van der Waals surface area contributed by atoms with Gasteiger partial charge in [-0.05, 0) is 60.7 Å². The molecule has 0 radical (unpaired) electrons. The van der Waals surface area contributed by atoms with Crippen molar-refractivity contribution in [2.45, 2.75) is 0 Å². The molecule has 174 valence electrons. The second-order valence-corrected chi connectivity index (χ2v) is 8.25. The van der Waals surface area contributed by atoms with Crippen LogP contribution < -0.4 is 10.1 Å². The number of urea groups is 1. The lowest BCUT2D eigenvalue weighted by Gasteiger charge is -2.34. The minimum atomic E-state index is -0.178. The van der Waals surface area contributed by atoms with Gasteiger partial charge in [0.2, 0.25) is 0 Å². The van der Waals surface area contributed by atoms with Gasteiger partial charge in [-0.3, -0.25) is 9.59 Å². The molecule has 1 aliphatic rings. The summed E-state index contributed by atoms with van der Waals surface area (Å²) in [6.45, 7) is 1.68. The van der Waals surface area contributed by atoms with Gasteiger partial charge in [0.15, 0.2) is 12.4 Å². The van der Waals surface area contributed by atoms with Crippen LogP contribution in [0, 0.1) is 0 Å². The van der Waals surface area contributed by atoms with Crippen molar-refractivity contribution in [3.8, 4) is 5.75 Å². The maximum atomic E-state index is 12.5. The van der Waals surface area contributed by atoms with Gasteiger partial charge in [-0.1, -0.05) is 29.8 Å². The first-order valence-corrected chi connectivity index (χ1v) is 11.3. The van der Waals surface area contributed by atoms with Gasteiger partial charge in [0.05, 0.1) is 0 Å². The van der Waals surface area contributed by atoms with Crippen LogP contribution in [0.15, 0.2) is 78.9 Å². The number of anilines is 1. The molecule has 3 amide bonds. The minimum absolute atomic E-state index is 0.110. The average Bonchev–Trinajstić information content (AvgIpc) is 2.88. The van der Waals surface area contributed by atoms with E-state index in [2.05, 4.69) is 5.32 Å². The molecular formula is C26H24ClN3O4. The van der Waals surface area contributed by atoms with Crippen LogP contribution in [-0.4, -0.2) is 60.3 Å².